The van der Waals surface area contributed by atoms with Crippen molar-refractivity contribution >= 4 is 23.0 Å². The zero-order valence-electron chi connectivity index (χ0n) is 21.1. The molecule has 0 spiro atoms. The Labute approximate surface area is 213 Å². The van der Waals surface area contributed by atoms with Crippen molar-refractivity contribution < 1.29 is 9.53 Å². The van der Waals surface area contributed by atoms with Gasteiger partial charge >= 0.3 is 5.97 Å². The molecule has 0 aromatic heterocycles. The number of esters is 1. The fraction of sp³-hybridized carbons (Fsp3) is 0.414. The summed E-state index contributed by atoms with van der Waals surface area (Å²) < 4.78 is 5.32. The highest BCUT2D eigenvalue weighted by Gasteiger charge is 2.12. The molecule has 36 heavy (non-hydrogen) atoms. The van der Waals surface area contributed by atoms with Gasteiger partial charge in [-0.1, -0.05) is 38.3 Å². The normalized spacial score (nSPS) is 17.8. The number of unbranched alkanes of at least 4 members (excludes halogenated alkanes) is 3. The number of azo groups is 2. The molecule has 1 heterocycles. The number of carbonyl (C=O) groups excluding carboxylic acids is 1. The lowest BCUT2D eigenvalue weighted by Gasteiger charge is -2.17. The molecule has 0 amide bonds. The second-order valence-corrected chi connectivity index (χ2v) is 9.16. The number of nitrogens with zero attached hydrogens (tertiary/aromatic N) is 5. The standard InChI is InChI=1S/C29H35N5O2/c1-2-3-4-7-22-36-29(35)23-8-10-24(11-9-23)30-31-25-12-14-26(15-13-25)32-33-27-16-18-28(19-17-27)34-20-5-6-21-34/h8-14,16-19,26H,2-7,15,20-22H2,1H3. The van der Waals surface area contributed by atoms with Crippen molar-refractivity contribution in [2.75, 3.05) is 24.6 Å². The maximum absolute atomic E-state index is 12.1. The molecule has 0 N–H and O–H groups in total. The van der Waals surface area contributed by atoms with Gasteiger partial charge in [-0.05, 0) is 80.3 Å². The molecule has 2 aromatic rings. The van der Waals surface area contributed by atoms with E-state index in [9.17, 15) is 4.79 Å². The third-order valence-corrected chi connectivity index (χ3v) is 6.32. The van der Waals surface area contributed by atoms with Gasteiger partial charge in [-0.2, -0.15) is 20.5 Å². The van der Waals surface area contributed by atoms with Crippen LogP contribution in [0.3, 0.4) is 0 Å². The lowest BCUT2D eigenvalue weighted by molar-refractivity contribution is 0.0498. The topological polar surface area (TPSA) is 79.0 Å². The van der Waals surface area contributed by atoms with Crippen LogP contribution in [0.1, 0.15) is 62.2 Å². The van der Waals surface area contributed by atoms with E-state index < -0.39 is 0 Å². The highest BCUT2D eigenvalue weighted by molar-refractivity contribution is 5.89. The molecule has 1 aliphatic carbocycles. The van der Waals surface area contributed by atoms with Gasteiger partial charge in [0.05, 0.1) is 35.3 Å². The Morgan fingerprint density at radius 2 is 1.64 bits per heavy atom. The highest BCUT2D eigenvalue weighted by Crippen LogP contribution is 2.25. The molecule has 1 fully saturated rings. The zero-order chi connectivity index (χ0) is 25.0. The summed E-state index contributed by atoms with van der Waals surface area (Å²) >= 11 is 0. The number of anilines is 1. The van der Waals surface area contributed by atoms with E-state index in [0.29, 0.717) is 17.9 Å². The van der Waals surface area contributed by atoms with Crippen LogP contribution >= 0.6 is 0 Å². The van der Waals surface area contributed by atoms with Crippen LogP contribution in [0, 0.1) is 0 Å². The Bertz CT molecular complexity index is 1100. The van der Waals surface area contributed by atoms with Gasteiger partial charge in [-0.25, -0.2) is 4.79 Å². The largest absolute Gasteiger partial charge is 0.462 e. The predicted molar refractivity (Wildman–Crippen MR) is 143 cm³/mol. The Morgan fingerprint density at radius 3 is 2.33 bits per heavy atom. The molecule has 4 rings (SSSR count). The smallest absolute Gasteiger partial charge is 0.338 e. The number of ether oxygens (including phenoxy) is 1. The number of rotatable bonds is 11. The van der Waals surface area contributed by atoms with E-state index in [0.717, 1.165) is 50.2 Å². The lowest BCUT2D eigenvalue weighted by atomic mass is 10.1. The SMILES string of the molecule is CCCCCCOC(=O)c1ccc(N=NC2=CCC(N=Nc3ccc(N4CCCC4)cc3)C=C2)cc1. The molecular formula is C29H35N5O2. The minimum Gasteiger partial charge on any atom is -0.462 e. The fourth-order valence-electron chi connectivity index (χ4n) is 4.16. The molecule has 1 saturated heterocycles. The van der Waals surface area contributed by atoms with Crippen LogP contribution in [-0.4, -0.2) is 31.7 Å². The minimum absolute atomic E-state index is 0.00511. The molecule has 188 valence electrons. The number of allylic oxidation sites excluding steroid dienone is 1. The van der Waals surface area contributed by atoms with E-state index in [1.807, 2.05) is 30.4 Å². The maximum Gasteiger partial charge on any atom is 0.338 e. The van der Waals surface area contributed by atoms with Gasteiger partial charge in [0.25, 0.3) is 0 Å². The van der Waals surface area contributed by atoms with E-state index in [2.05, 4.69) is 44.4 Å². The third kappa shape index (κ3) is 7.70. The van der Waals surface area contributed by atoms with E-state index >= 15 is 0 Å². The second kappa shape index (κ2) is 13.5. The summed E-state index contributed by atoms with van der Waals surface area (Å²) in [5.41, 5.74) is 4.12. The van der Waals surface area contributed by atoms with Crippen molar-refractivity contribution in [2.45, 2.75) is 57.9 Å². The first kappa shape index (κ1) is 25.5. The van der Waals surface area contributed by atoms with Crippen LogP contribution in [0.2, 0.25) is 0 Å². The monoisotopic (exact) mass is 485 g/mol. The molecule has 1 aliphatic heterocycles. The van der Waals surface area contributed by atoms with Crippen LogP contribution in [0.4, 0.5) is 17.1 Å². The third-order valence-electron chi connectivity index (χ3n) is 6.32. The van der Waals surface area contributed by atoms with Crippen molar-refractivity contribution in [1.82, 2.24) is 0 Å². The van der Waals surface area contributed by atoms with Crippen molar-refractivity contribution in [3.63, 3.8) is 0 Å². The van der Waals surface area contributed by atoms with E-state index in [1.165, 1.54) is 24.9 Å². The van der Waals surface area contributed by atoms with Gasteiger partial charge in [-0.3, -0.25) is 0 Å². The van der Waals surface area contributed by atoms with Gasteiger partial charge in [0.2, 0.25) is 0 Å². The molecule has 1 unspecified atom stereocenters. The fourth-order valence-corrected chi connectivity index (χ4v) is 4.16. The van der Waals surface area contributed by atoms with Crippen LogP contribution < -0.4 is 4.90 Å². The van der Waals surface area contributed by atoms with Gasteiger partial charge in [0.1, 0.15) is 0 Å². The summed E-state index contributed by atoms with van der Waals surface area (Å²) in [6, 6.07) is 15.3. The first-order chi connectivity index (χ1) is 17.7. The van der Waals surface area contributed by atoms with E-state index in [4.69, 9.17) is 4.74 Å². The number of benzene rings is 2. The summed E-state index contributed by atoms with van der Waals surface area (Å²) in [5.74, 6) is -0.296. The molecular weight excluding hydrogens is 450 g/mol. The average molecular weight is 486 g/mol. The molecule has 7 heteroatoms. The molecule has 2 aromatic carbocycles. The predicted octanol–water partition coefficient (Wildman–Crippen LogP) is 8.10. The summed E-state index contributed by atoms with van der Waals surface area (Å²) in [6.45, 7) is 4.90. The Hall–Kier alpha value is -3.61. The van der Waals surface area contributed by atoms with Crippen molar-refractivity contribution in [1.29, 1.82) is 0 Å². The van der Waals surface area contributed by atoms with E-state index in [1.54, 1.807) is 24.3 Å². The second-order valence-electron chi connectivity index (χ2n) is 9.16. The van der Waals surface area contributed by atoms with Crippen molar-refractivity contribution in [3.05, 3.63) is 78.0 Å². The van der Waals surface area contributed by atoms with Gasteiger partial charge < -0.3 is 9.64 Å². The summed E-state index contributed by atoms with van der Waals surface area (Å²) in [5, 5.41) is 17.5. The zero-order valence-corrected chi connectivity index (χ0v) is 21.1. The van der Waals surface area contributed by atoms with Gasteiger partial charge in [-0.15, -0.1) is 0 Å². The molecule has 2 aliphatic rings. The maximum atomic E-state index is 12.1. The quantitative estimate of drug-likeness (QED) is 0.183. The molecule has 1 atom stereocenters. The van der Waals surface area contributed by atoms with Gasteiger partial charge in [0.15, 0.2) is 0 Å². The van der Waals surface area contributed by atoms with Crippen LogP contribution in [0.25, 0.3) is 0 Å². The van der Waals surface area contributed by atoms with Crippen LogP contribution in [0.5, 0.6) is 0 Å². The van der Waals surface area contributed by atoms with Crippen molar-refractivity contribution in [2.24, 2.45) is 20.5 Å². The number of hydrogen-bond acceptors (Lipinski definition) is 7. The van der Waals surface area contributed by atoms with Crippen LogP contribution in [-0.2, 0) is 4.74 Å². The highest BCUT2D eigenvalue weighted by atomic mass is 16.5. The Morgan fingerprint density at radius 1 is 0.917 bits per heavy atom. The van der Waals surface area contributed by atoms with Crippen LogP contribution in [0.15, 0.2) is 92.9 Å². The molecule has 0 bridgehead atoms. The van der Waals surface area contributed by atoms with Gasteiger partial charge in [0, 0.05) is 18.8 Å². The summed E-state index contributed by atoms with van der Waals surface area (Å²) in [7, 11) is 0. The minimum atomic E-state index is -0.296. The van der Waals surface area contributed by atoms with Crippen molar-refractivity contribution in [3.8, 4) is 0 Å². The first-order valence-electron chi connectivity index (χ1n) is 13.0. The Balaban J connectivity index is 1.21. The summed E-state index contributed by atoms with van der Waals surface area (Å²) in [4.78, 5) is 14.5. The first-order valence-corrected chi connectivity index (χ1v) is 13.0. The van der Waals surface area contributed by atoms with E-state index in [-0.39, 0.29) is 12.0 Å². The molecule has 0 radical (unpaired) electrons. The summed E-state index contributed by atoms with van der Waals surface area (Å²) in [6.07, 6.45) is 13.5. The number of carbonyl (C=O) groups is 1. The average Bonchev–Trinajstić information content (AvgIpc) is 3.47. The number of hydrogen-bond donors (Lipinski definition) is 0. The lowest BCUT2D eigenvalue weighted by Crippen LogP contribution is -2.17. The molecule has 0 saturated carbocycles. The molecule has 7 nitrogen and oxygen atoms in total. The Kier molecular flexibility index (Phi) is 9.54.